The van der Waals surface area contributed by atoms with E-state index in [4.69, 9.17) is 9.84 Å². The molecule has 0 spiro atoms. The second-order valence-electron chi connectivity index (χ2n) is 6.05. The molecule has 0 saturated heterocycles. The maximum absolute atomic E-state index is 13.6. The van der Waals surface area contributed by atoms with Gasteiger partial charge in [-0.2, -0.15) is 5.10 Å². The van der Waals surface area contributed by atoms with Gasteiger partial charge in [0.1, 0.15) is 5.82 Å². The fourth-order valence-electron chi connectivity index (χ4n) is 3.16. The van der Waals surface area contributed by atoms with E-state index >= 15 is 0 Å². The Hall–Kier alpha value is -1.76. The highest BCUT2D eigenvalue weighted by Gasteiger charge is 2.24. The zero-order valence-electron chi connectivity index (χ0n) is 14.4. The van der Waals surface area contributed by atoms with Gasteiger partial charge < -0.3 is 10.1 Å². The predicted molar refractivity (Wildman–Crippen MR) is 91.8 cm³/mol. The van der Waals surface area contributed by atoms with E-state index in [0.29, 0.717) is 13.2 Å². The van der Waals surface area contributed by atoms with Crippen LogP contribution in [0, 0.1) is 5.82 Å². The summed E-state index contributed by atoms with van der Waals surface area (Å²) >= 11 is 0. The van der Waals surface area contributed by atoms with Crippen LogP contribution >= 0.6 is 0 Å². The number of benzene rings is 1. The summed E-state index contributed by atoms with van der Waals surface area (Å²) in [4.78, 5) is 2.42. The van der Waals surface area contributed by atoms with Gasteiger partial charge in [0, 0.05) is 45.3 Å². The molecule has 0 aliphatic carbocycles. The number of hydrogen-bond donors (Lipinski definition) is 1. The van der Waals surface area contributed by atoms with Gasteiger partial charge >= 0.3 is 0 Å². The van der Waals surface area contributed by atoms with Gasteiger partial charge in [0.2, 0.25) is 0 Å². The summed E-state index contributed by atoms with van der Waals surface area (Å²) in [6, 6.07) is 6.65. The highest BCUT2D eigenvalue weighted by Crippen LogP contribution is 2.25. The summed E-state index contributed by atoms with van der Waals surface area (Å²) in [5.74, 6) is -0.234. The van der Waals surface area contributed by atoms with E-state index in [1.54, 1.807) is 19.2 Å². The largest absolute Gasteiger partial charge is 0.383 e. The molecule has 1 aliphatic rings. The van der Waals surface area contributed by atoms with Crippen molar-refractivity contribution < 1.29 is 9.13 Å². The lowest BCUT2D eigenvalue weighted by molar-refractivity contribution is 0.199. The fraction of sp³-hybridized carbons (Fsp3) is 0.500. The average molecular weight is 332 g/mol. The second-order valence-corrected chi connectivity index (χ2v) is 6.05. The smallest absolute Gasteiger partial charge is 0.125 e. The molecule has 0 unspecified atom stereocenters. The van der Waals surface area contributed by atoms with Crippen LogP contribution in [0.15, 0.2) is 24.3 Å². The summed E-state index contributed by atoms with van der Waals surface area (Å²) in [5.41, 5.74) is 4.31. The first-order chi connectivity index (χ1) is 11.7. The Morgan fingerprint density at radius 3 is 3.00 bits per heavy atom. The number of ether oxygens (including phenoxy) is 1. The third kappa shape index (κ3) is 3.66. The van der Waals surface area contributed by atoms with E-state index in [-0.39, 0.29) is 5.82 Å². The van der Waals surface area contributed by atoms with Crippen LogP contribution in [0.2, 0.25) is 0 Å². The highest BCUT2D eigenvalue weighted by atomic mass is 19.1. The number of nitrogens with zero attached hydrogens (tertiary/aromatic N) is 3. The van der Waals surface area contributed by atoms with Crippen molar-refractivity contribution >= 4 is 0 Å². The van der Waals surface area contributed by atoms with Crippen LogP contribution in [0.25, 0.3) is 5.69 Å². The fourth-order valence-corrected chi connectivity index (χ4v) is 3.16. The van der Waals surface area contributed by atoms with Gasteiger partial charge in [-0.1, -0.05) is 13.0 Å². The van der Waals surface area contributed by atoms with E-state index in [1.165, 1.54) is 17.3 Å². The lowest BCUT2D eigenvalue weighted by Crippen LogP contribution is -2.31. The first kappa shape index (κ1) is 17.1. The predicted octanol–water partition coefficient (Wildman–Crippen LogP) is 2.13. The third-order valence-corrected chi connectivity index (χ3v) is 4.50. The molecule has 2 heterocycles. The normalized spacial score (nSPS) is 14.8. The molecule has 1 aliphatic heterocycles. The number of methoxy groups -OCH3 is 1. The number of nitrogens with one attached hydrogen (secondary N) is 1. The zero-order valence-corrected chi connectivity index (χ0v) is 14.4. The average Bonchev–Trinajstić information content (AvgIpc) is 2.96. The molecule has 0 bridgehead atoms. The van der Waals surface area contributed by atoms with E-state index in [0.717, 1.165) is 44.0 Å². The lowest BCUT2D eigenvalue weighted by Gasteiger charge is -2.26. The van der Waals surface area contributed by atoms with Crippen molar-refractivity contribution in [3.63, 3.8) is 0 Å². The molecule has 0 saturated carbocycles. The molecule has 0 amide bonds. The molecule has 2 aromatic rings. The zero-order chi connectivity index (χ0) is 16.9. The molecule has 1 aromatic carbocycles. The van der Waals surface area contributed by atoms with Crippen LogP contribution < -0.4 is 5.32 Å². The Balaban J connectivity index is 1.91. The van der Waals surface area contributed by atoms with Crippen LogP contribution in [-0.2, 0) is 24.2 Å². The molecule has 0 atom stereocenters. The molecular weight excluding hydrogens is 307 g/mol. The molecule has 130 valence electrons. The minimum atomic E-state index is -0.234. The minimum absolute atomic E-state index is 0.234. The van der Waals surface area contributed by atoms with Crippen molar-refractivity contribution in [2.75, 3.05) is 33.4 Å². The maximum Gasteiger partial charge on any atom is 0.125 e. The van der Waals surface area contributed by atoms with Crippen LogP contribution in [0.3, 0.4) is 0 Å². The van der Waals surface area contributed by atoms with Crippen LogP contribution in [-0.4, -0.2) is 48.0 Å². The van der Waals surface area contributed by atoms with Gasteiger partial charge in [0.15, 0.2) is 0 Å². The molecule has 6 heteroatoms. The Kier molecular flexibility index (Phi) is 5.60. The van der Waals surface area contributed by atoms with Crippen molar-refractivity contribution in [2.45, 2.75) is 26.4 Å². The summed E-state index contributed by atoms with van der Waals surface area (Å²) < 4.78 is 20.6. The van der Waals surface area contributed by atoms with Gasteiger partial charge in [-0.15, -0.1) is 0 Å². The monoisotopic (exact) mass is 332 g/mol. The highest BCUT2D eigenvalue weighted by molar-refractivity contribution is 5.39. The molecule has 0 radical (unpaired) electrons. The summed E-state index contributed by atoms with van der Waals surface area (Å²) in [6.07, 6.45) is 0.935. The van der Waals surface area contributed by atoms with Crippen molar-refractivity contribution in [2.24, 2.45) is 0 Å². The molecule has 3 rings (SSSR count). The SMILES string of the molecule is CCN1CCc2c(c(CNCCOC)nn2-c2cccc(F)c2)C1. The Labute approximate surface area is 142 Å². The number of likely N-dealkylation sites (N-methyl/N-ethyl adjacent to an activating group) is 1. The molecule has 5 nitrogen and oxygen atoms in total. The first-order valence-corrected chi connectivity index (χ1v) is 8.50. The maximum atomic E-state index is 13.6. The van der Waals surface area contributed by atoms with E-state index < -0.39 is 0 Å². The lowest BCUT2D eigenvalue weighted by atomic mass is 10.0. The molecule has 1 aromatic heterocycles. The number of aromatic nitrogens is 2. The topological polar surface area (TPSA) is 42.3 Å². The standard InChI is InChI=1S/C18H25FN4O/c1-3-22-9-7-18-16(13-22)17(12-20-8-10-24-2)21-23(18)15-6-4-5-14(19)11-15/h4-6,11,20H,3,7-10,12-13H2,1-2H3. The van der Waals surface area contributed by atoms with E-state index in [1.807, 2.05) is 10.7 Å². The number of hydrogen-bond acceptors (Lipinski definition) is 4. The van der Waals surface area contributed by atoms with E-state index in [9.17, 15) is 4.39 Å². The minimum Gasteiger partial charge on any atom is -0.383 e. The van der Waals surface area contributed by atoms with Crippen molar-refractivity contribution in [1.82, 2.24) is 20.0 Å². The van der Waals surface area contributed by atoms with Crippen molar-refractivity contribution in [1.29, 1.82) is 0 Å². The summed E-state index contributed by atoms with van der Waals surface area (Å²) in [6.45, 7) is 7.29. The van der Waals surface area contributed by atoms with E-state index in [2.05, 4.69) is 17.1 Å². The number of rotatable bonds is 7. The Morgan fingerprint density at radius 1 is 1.38 bits per heavy atom. The summed E-state index contributed by atoms with van der Waals surface area (Å²) in [7, 11) is 1.70. The van der Waals surface area contributed by atoms with Crippen molar-refractivity contribution in [3.05, 3.63) is 47.0 Å². The molecule has 24 heavy (non-hydrogen) atoms. The first-order valence-electron chi connectivity index (χ1n) is 8.50. The molecular formula is C18H25FN4O. The van der Waals surface area contributed by atoms with Gasteiger partial charge in [-0.3, -0.25) is 4.90 Å². The second kappa shape index (κ2) is 7.88. The molecule has 1 N–H and O–H groups in total. The quantitative estimate of drug-likeness (QED) is 0.789. The van der Waals surface area contributed by atoms with Crippen LogP contribution in [0.1, 0.15) is 23.9 Å². The van der Waals surface area contributed by atoms with Gasteiger partial charge in [0.25, 0.3) is 0 Å². The Morgan fingerprint density at radius 2 is 2.25 bits per heavy atom. The van der Waals surface area contributed by atoms with Crippen LogP contribution in [0.4, 0.5) is 4.39 Å². The number of fused-ring (bicyclic) bond motifs is 1. The molecule has 0 fully saturated rings. The van der Waals surface area contributed by atoms with Gasteiger partial charge in [-0.05, 0) is 24.7 Å². The summed E-state index contributed by atoms with van der Waals surface area (Å²) in [5, 5.41) is 8.16. The van der Waals surface area contributed by atoms with Crippen LogP contribution in [0.5, 0.6) is 0 Å². The van der Waals surface area contributed by atoms with Gasteiger partial charge in [0.05, 0.1) is 23.7 Å². The third-order valence-electron chi connectivity index (χ3n) is 4.50. The van der Waals surface area contributed by atoms with Gasteiger partial charge in [-0.25, -0.2) is 9.07 Å². The van der Waals surface area contributed by atoms with Crippen molar-refractivity contribution in [3.8, 4) is 5.69 Å². The number of halogens is 1. The Bertz CT molecular complexity index is 686.